The van der Waals surface area contributed by atoms with Crippen molar-refractivity contribution in [1.29, 1.82) is 0 Å². The van der Waals surface area contributed by atoms with Gasteiger partial charge < -0.3 is 14.8 Å². The number of morpholine rings is 1. The van der Waals surface area contributed by atoms with Crippen LogP contribution >= 0.6 is 0 Å². The summed E-state index contributed by atoms with van der Waals surface area (Å²) in [6.45, 7) is -1.87. The van der Waals surface area contributed by atoms with Crippen LogP contribution in [0.4, 0.5) is 20.2 Å². The molecular weight excluding hydrogens is 424 g/mol. The molecule has 0 atom stereocenters. The highest BCUT2D eigenvalue weighted by molar-refractivity contribution is 7.89. The van der Waals surface area contributed by atoms with Crippen molar-refractivity contribution >= 4 is 21.4 Å². The molecule has 1 aliphatic rings. The van der Waals surface area contributed by atoms with Gasteiger partial charge in [-0.15, -0.1) is 0 Å². The number of hydrogen-bond acceptors (Lipinski definition) is 7. The third kappa shape index (κ3) is 5.20. The molecule has 0 aliphatic carbocycles. The molecule has 0 aromatic heterocycles. The highest BCUT2D eigenvalue weighted by Gasteiger charge is 2.28. The fourth-order valence-corrected chi connectivity index (χ4v) is 4.32. The fraction of sp³-hybridized carbons (Fsp3) is 0.333. The van der Waals surface area contributed by atoms with E-state index in [0.717, 1.165) is 6.07 Å². The van der Waals surface area contributed by atoms with Gasteiger partial charge >= 0.3 is 6.61 Å². The van der Waals surface area contributed by atoms with Gasteiger partial charge in [0.25, 0.3) is 5.69 Å². The standard InChI is InChI=1S/C18H19F2N3O6S/c19-18(20)29-14-3-1-13(2-4-14)12-21-16-6-5-15(11-17(16)23(24)25)30(26,27)22-7-9-28-10-8-22/h1-6,11,18,21H,7-10,12H2. The highest BCUT2D eigenvalue weighted by atomic mass is 32.2. The summed E-state index contributed by atoms with van der Waals surface area (Å²) in [6.07, 6.45) is 0. The zero-order valence-corrected chi connectivity index (χ0v) is 16.5. The first-order valence-corrected chi connectivity index (χ1v) is 10.4. The van der Waals surface area contributed by atoms with Crippen molar-refractivity contribution in [3.05, 3.63) is 58.1 Å². The molecular formula is C18H19F2N3O6S. The molecule has 1 aliphatic heterocycles. The van der Waals surface area contributed by atoms with Crippen LogP contribution in [-0.4, -0.2) is 50.6 Å². The average molecular weight is 443 g/mol. The van der Waals surface area contributed by atoms with Crippen molar-refractivity contribution in [2.24, 2.45) is 0 Å². The summed E-state index contributed by atoms with van der Waals surface area (Å²) in [6, 6.07) is 9.44. The first kappa shape index (κ1) is 21.9. The summed E-state index contributed by atoms with van der Waals surface area (Å²) in [4.78, 5) is 10.6. The number of anilines is 1. The Morgan fingerprint density at radius 3 is 2.43 bits per heavy atom. The van der Waals surface area contributed by atoms with Crippen LogP contribution in [0.3, 0.4) is 0 Å². The Kier molecular flexibility index (Phi) is 6.80. The summed E-state index contributed by atoms with van der Waals surface area (Å²) in [7, 11) is -3.87. The maximum absolute atomic E-state index is 12.7. The molecule has 2 aromatic rings. The van der Waals surface area contributed by atoms with Crippen LogP contribution in [-0.2, 0) is 21.3 Å². The number of ether oxygens (including phenoxy) is 2. The normalized spacial score (nSPS) is 15.2. The quantitative estimate of drug-likeness (QED) is 0.493. The summed E-state index contributed by atoms with van der Waals surface area (Å²) < 4.78 is 60.5. The van der Waals surface area contributed by atoms with Gasteiger partial charge in [-0.3, -0.25) is 10.1 Å². The molecule has 30 heavy (non-hydrogen) atoms. The second-order valence-electron chi connectivity index (χ2n) is 6.33. The molecule has 0 saturated carbocycles. The number of benzene rings is 2. The Morgan fingerprint density at radius 1 is 1.17 bits per heavy atom. The lowest BCUT2D eigenvalue weighted by molar-refractivity contribution is -0.384. The molecule has 12 heteroatoms. The monoisotopic (exact) mass is 443 g/mol. The van der Waals surface area contributed by atoms with Gasteiger partial charge in [-0.25, -0.2) is 8.42 Å². The maximum Gasteiger partial charge on any atom is 0.387 e. The zero-order chi connectivity index (χ0) is 21.7. The average Bonchev–Trinajstić information content (AvgIpc) is 2.73. The summed E-state index contributed by atoms with van der Waals surface area (Å²) in [5, 5.41) is 14.4. The smallest absolute Gasteiger partial charge is 0.387 e. The van der Waals surface area contributed by atoms with Crippen LogP contribution in [0, 0.1) is 10.1 Å². The molecule has 2 aromatic carbocycles. The Morgan fingerprint density at radius 2 is 1.83 bits per heavy atom. The molecule has 3 rings (SSSR count). The van der Waals surface area contributed by atoms with E-state index in [4.69, 9.17) is 4.74 Å². The Balaban J connectivity index is 1.76. The van der Waals surface area contributed by atoms with Crippen molar-refractivity contribution in [3.8, 4) is 5.75 Å². The van der Waals surface area contributed by atoms with Gasteiger partial charge in [-0.1, -0.05) is 12.1 Å². The van der Waals surface area contributed by atoms with Gasteiger partial charge in [0.2, 0.25) is 10.0 Å². The molecule has 0 bridgehead atoms. The summed E-state index contributed by atoms with van der Waals surface area (Å²) >= 11 is 0. The number of halogens is 2. The van der Waals surface area contributed by atoms with Gasteiger partial charge in [0.15, 0.2) is 0 Å². The molecule has 0 unspecified atom stereocenters. The zero-order valence-electron chi connectivity index (χ0n) is 15.7. The topological polar surface area (TPSA) is 111 Å². The number of nitro groups is 1. The van der Waals surface area contributed by atoms with E-state index in [-0.39, 0.29) is 54.9 Å². The van der Waals surface area contributed by atoms with Gasteiger partial charge in [-0.05, 0) is 29.8 Å². The largest absolute Gasteiger partial charge is 0.435 e. The highest BCUT2D eigenvalue weighted by Crippen LogP contribution is 2.30. The van der Waals surface area contributed by atoms with E-state index in [1.54, 1.807) is 0 Å². The van der Waals surface area contributed by atoms with E-state index in [2.05, 4.69) is 10.1 Å². The van der Waals surface area contributed by atoms with E-state index in [1.807, 2.05) is 0 Å². The molecule has 1 fully saturated rings. The second kappa shape index (κ2) is 9.32. The van der Waals surface area contributed by atoms with Crippen molar-refractivity contribution in [3.63, 3.8) is 0 Å². The van der Waals surface area contributed by atoms with E-state index in [0.29, 0.717) is 5.56 Å². The SMILES string of the molecule is O=[N+]([O-])c1cc(S(=O)(=O)N2CCOCC2)ccc1NCc1ccc(OC(F)F)cc1. The summed E-state index contributed by atoms with van der Waals surface area (Å²) in [5.41, 5.74) is 0.409. The number of alkyl halides is 2. The molecule has 1 heterocycles. The number of sulfonamides is 1. The minimum absolute atomic E-state index is 0.00240. The van der Waals surface area contributed by atoms with Gasteiger partial charge in [-0.2, -0.15) is 13.1 Å². The Hall–Kier alpha value is -2.83. The van der Waals surface area contributed by atoms with E-state index in [9.17, 15) is 27.3 Å². The lowest BCUT2D eigenvalue weighted by Crippen LogP contribution is -2.40. The third-order valence-electron chi connectivity index (χ3n) is 4.41. The molecule has 1 N–H and O–H groups in total. The number of hydrogen-bond donors (Lipinski definition) is 1. The van der Waals surface area contributed by atoms with Crippen molar-refractivity contribution < 1.29 is 31.6 Å². The molecule has 0 amide bonds. The van der Waals surface area contributed by atoms with E-state index in [1.165, 1.54) is 40.7 Å². The summed E-state index contributed by atoms with van der Waals surface area (Å²) in [5.74, 6) is -0.00240. The van der Waals surface area contributed by atoms with E-state index < -0.39 is 21.6 Å². The van der Waals surface area contributed by atoms with Crippen LogP contribution in [0.15, 0.2) is 47.4 Å². The number of nitro benzene ring substituents is 1. The van der Waals surface area contributed by atoms with Crippen molar-refractivity contribution in [2.45, 2.75) is 18.1 Å². The molecule has 0 radical (unpaired) electrons. The van der Waals surface area contributed by atoms with Crippen LogP contribution in [0.2, 0.25) is 0 Å². The second-order valence-corrected chi connectivity index (χ2v) is 8.27. The van der Waals surface area contributed by atoms with E-state index >= 15 is 0 Å². The fourth-order valence-electron chi connectivity index (χ4n) is 2.89. The maximum atomic E-state index is 12.7. The van der Waals surface area contributed by atoms with Crippen LogP contribution in [0.25, 0.3) is 0 Å². The molecule has 162 valence electrons. The first-order valence-electron chi connectivity index (χ1n) is 8.91. The van der Waals surface area contributed by atoms with Crippen LogP contribution in [0.1, 0.15) is 5.56 Å². The molecule has 1 saturated heterocycles. The predicted molar refractivity (Wildman–Crippen MR) is 103 cm³/mol. The first-order chi connectivity index (χ1) is 14.3. The third-order valence-corrected chi connectivity index (χ3v) is 6.30. The van der Waals surface area contributed by atoms with Gasteiger partial charge in [0.05, 0.1) is 23.0 Å². The molecule has 0 spiro atoms. The van der Waals surface area contributed by atoms with Crippen LogP contribution in [0.5, 0.6) is 5.75 Å². The Labute approximate surface area is 171 Å². The van der Waals surface area contributed by atoms with Gasteiger partial charge in [0.1, 0.15) is 11.4 Å². The lowest BCUT2D eigenvalue weighted by atomic mass is 10.2. The lowest BCUT2D eigenvalue weighted by Gasteiger charge is -2.26. The van der Waals surface area contributed by atoms with Crippen LogP contribution < -0.4 is 10.1 Å². The predicted octanol–water partition coefficient (Wildman–Crippen LogP) is 2.83. The number of nitrogens with one attached hydrogen (secondary N) is 1. The molecule has 9 nitrogen and oxygen atoms in total. The minimum atomic E-state index is -3.87. The number of rotatable bonds is 8. The Bertz CT molecular complexity index is 995. The number of nitrogens with zero attached hydrogens (tertiary/aromatic N) is 2. The minimum Gasteiger partial charge on any atom is -0.435 e. The van der Waals surface area contributed by atoms with Crippen molar-refractivity contribution in [2.75, 3.05) is 31.6 Å². The van der Waals surface area contributed by atoms with Gasteiger partial charge in [0, 0.05) is 25.7 Å². The van der Waals surface area contributed by atoms with Crippen molar-refractivity contribution in [1.82, 2.24) is 4.31 Å².